The Morgan fingerprint density at radius 1 is 1.50 bits per heavy atom. The maximum Gasteiger partial charge on any atom is 0.317 e. The van der Waals surface area contributed by atoms with Crippen LogP contribution in [0.25, 0.3) is 0 Å². The molecule has 2 fully saturated rings. The predicted octanol–water partition coefficient (Wildman–Crippen LogP) is 1.04. The molecule has 2 aliphatic rings. The lowest BCUT2D eigenvalue weighted by Gasteiger charge is -2.18. The highest BCUT2D eigenvalue weighted by molar-refractivity contribution is 5.76. The molecule has 1 heterocycles. The first-order valence-electron chi connectivity index (χ1n) is 6.51. The van der Waals surface area contributed by atoms with E-state index in [2.05, 4.69) is 17.6 Å². The van der Waals surface area contributed by atoms with E-state index in [9.17, 15) is 4.79 Å². The van der Waals surface area contributed by atoms with Crippen molar-refractivity contribution in [3.8, 4) is 0 Å². The summed E-state index contributed by atoms with van der Waals surface area (Å²) in [5.74, 6) is 1.73. The topological polar surface area (TPSA) is 44.4 Å². The van der Waals surface area contributed by atoms with Gasteiger partial charge in [-0.1, -0.05) is 19.8 Å². The van der Waals surface area contributed by atoms with Crippen molar-refractivity contribution in [2.75, 3.05) is 32.7 Å². The van der Waals surface area contributed by atoms with Crippen LogP contribution in [0.2, 0.25) is 0 Å². The molecular weight excluding hydrogens is 202 g/mol. The second kappa shape index (κ2) is 5.53. The molecule has 16 heavy (non-hydrogen) atoms. The molecular formula is C12H23N3O. The summed E-state index contributed by atoms with van der Waals surface area (Å²) in [5.41, 5.74) is 0. The second-order valence-electron chi connectivity index (χ2n) is 5.09. The molecule has 0 aromatic carbocycles. The molecule has 2 unspecified atom stereocenters. The Morgan fingerprint density at radius 3 is 3.00 bits per heavy atom. The van der Waals surface area contributed by atoms with Crippen LogP contribution in [-0.2, 0) is 0 Å². The number of hydrogen-bond acceptors (Lipinski definition) is 2. The number of amides is 2. The first-order chi connectivity index (χ1) is 7.77. The van der Waals surface area contributed by atoms with E-state index in [1.54, 1.807) is 0 Å². The highest BCUT2D eigenvalue weighted by atomic mass is 16.2. The molecule has 1 aliphatic carbocycles. The number of urea groups is 1. The highest BCUT2D eigenvalue weighted by Gasteiger charge is 2.23. The van der Waals surface area contributed by atoms with Gasteiger partial charge in [-0.2, -0.15) is 0 Å². The van der Waals surface area contributed by atoms with Crippen LogP contribution in [0.4, 0.5) is 4.79 Å². The van der Waals surface area contributed by atoms with E-state index < -0.39 is 0 Å². The largest absolute Gasteiger partial charge is 0.336 e. The van der Waals surface area contributed by atoms with Crippen LogP contribution in [0.15, 0.2) is 0 Å². The third-order valence-corrected chi connectivity index (χ3v) is 3.95. The Bertz CT molecular complexity index is 244. The van der Waals surface area contributed by atoms with Crippen LogP contribution in [0, 0.1) is 11.8 Å². The molecule has 4 nitrogen and oxygen atoms in total. The van der Waals surface area contributed by atoms with Crippen LogP contribution in [-0.4, -0.2) is 43.7 Å². The van der Waals surface area contributed by atoms with Gasteiger partial charge in [-0.3, -0.25) is 0 Å². The van der Waals surface area contributed by atoms with Gasteiger partial charge >= 0.3 is 6.03 Å². The summed E-state index contributed by atoms with van der Waals surface area (Å²) in [5, 5.41) is 6.30. The van der Waals surface area contributed by atoms with E-state index in [4.69, 9.17) is 0 Å². The fraction of sp³-hybridized carbons (Fsp3) is 0.917. The number of nitrogens with zero attached hydrogens (tertiary/aromatic N) is 1. The average molecular weight is 225 g/mol. The third kappa shape index (κ3) is 2.88. The van der Waals surface area contributed by atoms with E-state index >= 15 is 0 Å². The summed E-state index contributed by atoms with van der Waals surface area (Å²) >= 11 is 0. The van der Waals surface area contributed by atoms with Crippen molar-refractivity contribution < 1.29 is 4.79 Å². The van der Waals surface area contributed by atoms with Gasteiger partial charge in [-0.05, 0) is 24.8 Å². The van der Waals surface area contributed by atoms with Crippen molar-refractivity contribution in [3.05, 3.63) is 0 Å². The van der Waals surface area contributed by atoms with Gasteiger partial charge in [0.1, 0.15) is 0 Å². The molecule has 1 aliphatic heterocycles. The molecule has 92 valence electrons. The number of rotatable bonds is 5. The molecule has 0 aromatic heterocycles. The lowest BCUT2D eigenvalue weighted by Crippen LogP contribution is -2.36. The monoisotopic (exact) mass is 225 g/mol. The van der Waals surface area contributed by atoms with Crippen molar-refractivity contribution in [1.82, 2.24) is 15.5 Å². The molecule has 0 bridgehead atoms. The van der Waals surface area contributed by atoms with Crippen molar-refractivity contribution in [2.24, 2.45) is 11.8 Å². The molecule has 4 heteroatoms. The Labute approximate surface area is 97.8 Å². The van der Waals surface area contributed by atoms with E-state index in [0.717, 1.165) is 44.6 Å². The summed E-state index contributed by atoms with van der Waals surface area (Å²) in [6.07, 6.45) is 4.15. The van der Waals surface area contributed by atoms with Crippen molar-refractivity contribution in [1.29, 1.82) is 0 Å². The van der Waals surface area contributed by atoms with Crippen molar-refractivity contribution in [3.63, 3.8) is 0 Å². The van der Waals surface area contributed by atoms with Gasteiger partial charge in [0.2, 0.25) is 0 Å². The van der Waals surface area contributed by atoms with Gasteiger partial charge in [0.25, 0.3) is 0 Å². The summed E-state index contributed by atoms with van der Waals surface area (Å²) < 4.78 is 0. The normalized spacial score (nSPS) is 29.8. The van der Waals surface area contributed by atoms with E-state index in [1.807, 2.05) is 4.90 Å². The van der Waals surface area contributed by atoms with Gasteiger partial charge in [0, 0.05) is 26.2 Å². The minimum absolute atomic E-state index is 0.0936. The number of hydrogen-bond donors (Lipinski definition) is 2. The van der Waals surface area contributed by atoms with Gasteiger partial charge in [0.15, 0.2) is 0 Å². The Morgan fingerprint density at radius 2 is 2.38 bits per heavy atom. The zero-order chi connectivity index (χ0) is 11.4. The SMILES string of the molecule is CC1CCCC1CNCCN1CCNC1=O. The molecule has 1 saturated heterocycles. The lowest BCUT2D eigenvalue weighted by molar-refractivity contribution is 0.217. The molecule has 2 N–H and O–H groups in total. The zero-order valence-corrected chi connectivity index (χ0v) is 10.2. The third-order valence-electron chi connectivity index (χ3n) is 3.95. The minimum Gasteiger partial charge on any atom is -0.336 e. The maximum absolute atomic E-state index is 11.3. The van der Waals surface area contributed by atoms with Crippen LogP contribution in [0.1, 0.15) is 26.2 Å². The highest BCUT2D eigenvalue weighted by Crippen LogP contribution is 2.30. The molecule has 0 radical (unpaired) electrons. The Kier molecular flexibility index (Phi) is 4.04. The van der Waals surface area contributed by atoms with Gasteiger partial charge in [-0.15, -0.1) is 0 Å². The predicted molar refractivity (Wildman–Crippen MR) is 64.3 cm³/mol. The molecule has 2 amide bonds. The molecule has 0 aromatic rings. The Hall–Kier alpha value is -0.770. The van der Waals surface area contributed by atoms with E-state index in [0.29, 0.717) is 0 Å². The number of carbonyl (C=O) groups is 1. The van der Waals surface area contributed by atoms with Gasteiger partial charge in [-0.25, -0.2) is 4.79 Å². The van der Waals surface area contributed by atoms with Gasteiger partial charge in [0.05, 0.1) is 0 Å². The molecule has 2 atom stereocenters. The minimum atomic E-state index is 0.0936. The van der Waals surface area contributed by atoms with E-state index in [1.165, 1.54) is 19.3 Å². The standard InChI is InChI=1S/C12H23N3O/c1-10-3-2-4-11(10)9-13-5-7-15-8-6-14-12(15)16/h10-11,13H,2-9H2,1H3,(H,14,16). The second-order valence-corrected chi connectivity index (χ2v) is 5.09. The molecule has 2 rings (SSSR count). The summed E-state index contributed by atoms with van der Waals surface area (Å²) in [6.45, 7) is 6.91. The Balaban J connectivity index is 1.56. The number of nitrogens with one attached hydrogen (secondary N) is 2. The van der Waals surface area contributed by atoms with Gasteiger partial charge < -0.3 is 15.5 Å². The maximum atomic E-state index is 11.3. The van der Waals surface area contributed by atoms with E-state index in [-0.39, 0.29) is 6.03 Å². The first kappa shape index (κ1) is 11.7. The van der Waals surface area contributed by atoms with Crippen LogP contribution in [0.3, 0.4) is 0 Å². The van der Waals surface area contributed by atoms with Crippen molar-refractivity contribution in [2.45, 2.75) is 26.2 Å². The fourth-order valence-corrected chi connectivity index (χ4v) is 2.75. The number of carbonyl (C=O) groups excluding carboxylic acids is 1. The summed E-state index contributed by atoms with van der Waals surface area (Å²) in [4.78, 5) is 13.1. The van der Waals surface area contributed by atoms with Crippen LogP contribution in [0.5, 0.6) is 0 Å². The first-order valence-corrected chi connectivity index (χ1v) is 6.51. The fourth-order valence-electron chi connectivity index (χ4n) is 2.75. The smallest absolute Gasteiger partial charge is 0.317 e. The molecule has 1 saturated carbocycles. The van der Waals surface area contributed by atoms with Crippen molar-refractivity contribution >= 4 is 6.03 Å². The lowest BCUT2D eigenvalue weighted by atomic mass is 9.98. The average Bonchev–Trinajstić information content (AvgIpc) is 2.84. The zero-order valence-electron chi connectivity index (χ0n) is 10.2. The summed E-state index contributed by atoms with van der Waals surface area (Å²) in [7, 11) is 0. The van der Waals surface area contributed by atoms with Crippen LogP contribution < -0.4 is 10.6 Å². The molecule has 0 spiro atoms. The quantitative estimate of drug-likeness (QED) is 0.687. The summed E-state index contributed by atoms with van der Waals surface area (Å²) in [6, 6.07) is 0.0936. The van der Waals surface area contributed by atoms with Crippen LogP contribution >= 0.6 is 0 Å².